The summed E-state index contributed by atoms with van der Waals surface area (Å²) in [6, 6.07) is 0. The standard InChI is InChI=1S/C14H27FO8S/c1-18-9-10-11(19-2)12(13(20-3)14(21-4)23-10)22-7-5-6-8-24(15,16)17/h10-14H,5-9H2,1-4H3/t10-,11-,12+,13-,14?/m1/s1. The molecular formula is C14H27FO8S. The predicted molar refractivity (Wildman–Crippen MR) is 83.0 cm³/mol. The molecule has 5 atom stereocenters. The van der Waals surface area contributed by atoms with Crippen molar-refractivity contribution in [1.29, 1.82) is 0 Å². The molecule has 1 unspecified atom stereocenters. The van der Waals surface area contributed by atoms with Gasteiger partial charge in [-0.1, -0.05) is 0 Å². The molecule has 0 spiro atoms. The Morgan fingerprint density at radius 1 is 0.958 bits per heavy atom. The topological polar surface area (TPSA) is 89.5 Å². The van der Waals surface area contributed by atoms with Crippen LogP contribution in [0.15, 0.2) is 0 Å². The summed E-state index contributed by atoms with van der Waals surface area (Å²) in [5, 5.41) is 0. The molecule has 0 aromatic carbocycles. The van der Waals surface area contributed by atoms with Crippen molar-refractivity contribution in [3.63, 3.8) is 0 Å². The van der Waals surface area contributed by atoms with E-state index in [4.69, 9.17) is 28.4 Å². The summed E-state index contributed by atoms with van der Waals surface area (Å²) in [6.07, 6.45) is -1.98. The molecule has 1 heterocycles. The fourth-order valence-electron chi connectivity index (χ4n) is 2.69. The van der Waals surface area contributed by atoms with Gasteiger partial charge in [-0.05, 0) is 12.8 Å². The normalized spacial score (nSPS) is 31.3. The Morgan fingerprint density at radius 2 is 1.62 bits per heavy atom. The van der Waals surface area contributed by atoms with Crippen LogP contribution in [0, 0.1) is 0 Å². The van der Waals surface area contributed by atoms with Gasteiger partial charge in [0.15, 0.2) is 6.29 Å². The van der Waals surface area contributed by atoms with Gasteiger partial charge in [0.05, 0.1) is 12.4 Å². The van der Waals surface area contributed by atoms with E-state index in [-0.39, 0.29) is 19.6 Å². The Morgan fingerprint density at radius 3 is 2.12 bits per heavy atom. The summed E-state index contributed by atoms with van der Waals surface area (Å²) in [7, 11) is 1.64. The maximum Gasteiger partial charge on any atom is 0.302 e. The van der Waals surface area contributed by atoms with Crippen LogP contribution in [0.5, 0.6) is 0 Å². The summed E-state index contributed by atoms with van der Waals surface area (Å²) < 4.78 is 66.4. The van der Waals surface area contributed by atoms with Crippen molar-refractivity contribution in [3.05, 3.63) is 0 Å². The van der Waals surface area contributed by atoms with E-state index in [0.717, 1.165) is 0 Å². The first-order chi connectivity index (χ1) is 11.4. The van der Waals surface area contributed by atoms with Crippen LogP contribution < -0.4 is 0 Å². The number of halogens is 1. The van der Waals surface area contributed by atoms with Crippen LogP contribution in [-0.4, -0.2) is 86.5 Å². The summed E-state index contributed by atoms with van der Waals surface area (Å²) in [5.74, 6) is -0.515. The first-order valence-corrected chi connectivity index (χ1v) is 9.20. The third-order valence-electron chi connectivity index (χ3n) is 3.79. The summed E-state index contributed by atoms with van der Waals surface area (Å²) in [5.41, 5.74) is 0. The third-order valence-corrected chi connectivity index (χ3v) is 4.57. The number of hydrogen-bond acceptors (Lipinski definition) is 8. The quantitative estimate of drug-likeness (QED) is 0.382. The highest BCUT2D eigenvalue weighted by atomic mass is 32.3. The number of rotatable bonds is 11. The molecule has 0 amide bonds. The van der Waals surface area contributed by atoms with Gasteiger partial charge < -0.3 is 28.4 Å². The van der Waals surface area contributed by atoms with E-state index in [0.29, 0.717) is 6.42 Å². The van der Waals surface area contributed by atoms with Gasteiger partial charge in [0, 0.05) is 35.0 Å². The van der Waals surface area contributed by atoms with Crippen LogP contribution in [0.3, 0.4) is 0 Å². The minimum atomic E-state index is -4.45. The molecule has 1 fully saturated rings. The predicted octanol–water partition coefficient (Wildman–Crippen LogP) is 0.499. The Bertz CT molecular complexity index is 446. The zero-order valence-corrected chi connectivity index (χ0v) is 15.3. The first kappa shape index (κ1) is 21.7. The largest absolute Gasteiger partial charge is 0.382 e. The maximum absolute atomic E-state index is 12.5. The molecule has 144 valence electrons. The van der Waals surface area contributed by atoms with Crippen molar-refractivity contribution >= 4 is 10.2 Å². The lowest BCUT2D eigenvalue weighted by Crippen LogP contribution is -2.61. The fraction of sp³-hybridized carbons (Fsp3) is 1.00. The number of hydrogen-bond donors (Lipinski definition) is 0. The molecule has 1 aliphatic heterocycles. The zero-order chi connectivity index (χ0) is 18.2. The molecule has 0 aromatic heterocycles. The minimum Gasteiger partial charge on any atom is -0.382 e. The van der Waals surface area contributed by atoms with Gasteiger partial charge in [-0.15, -0.1) is 3.89 Å². The highest BCUT2D eigenvalue weighted by Gasteiger charge is 2.47. The SMILES string of the molecule is COC[C@H]1OC(OC)[C@H](OC)[C@@H](OCCCCS(=O)(=O)F)[C@@H]1OC. The summed E-state index contributed by atoms with van der Waals surface area (Å²) >= 11 is 0. The number of methoxy groups -OCH3 is 4. The second kappa shape index (κ2) is 10.6. The van der Waals surface area contributed by atoms with Crippen molar-refractivity contribution in [2.24, 2.45) is 0 Å². The molecule has 0 bridgehead atoms. The van der Waals surface area contributed by atoms with Gasteiger partial charge in [0.25, 0.3) is 0 Å². The molecule has 0 radical (unpaired) electrons. The molecule has 1 rings (SSSR count). The van der Waals surface area contributed by atoms with Crippen LogP contribution in [0.4, 0.5) is 3.89 Å². The van der Waals surface area contributed by atoms with Crippen molar-refractivity contribution in [2.45, 2.75) is 43.5 Å². The molecule has 0 N–H and O–H groups in total. The van der Waals surface area contributed by atoms with Crippen molar-refractivity contribution in [1.82, 2.24) is 0 Å². The average molecular weight is 374 g/mol. The van der Waals surface area contributed by atoms with Gasteiger partial charge in [-0.2, -0.15) is 8.42 Å². The van der Waals surface area contributed by atoms with E-state index < -0.39 is 46.7 Å². The Hall–Kier alpha value is -0.360. The minimum absolute atomic E-state index is 0.173. The van der Waals surface area contributed by atoms with Crippen molar-refractivity contribution in [2.75, 3.05) is 47.4 Å². The van der Waals surface area contributed by atoms with E-state index in [1.807, 2.05) is 0 Å². The number of unbranched alkanes of at least 4 members (excludes halogenated alkanes) is 1. The molecule has 24 heavy (non-hydrogen) atoms. The lowest BCUT2D eigenvalue weighted by Gasteiger charge is -2.44. The van der Waals surface area contributed by atoms with Crippen LogP contribution in [0.25, 0.3) is 0 Å². The van der Waals surface area contributed by atoms with E-state index in [9.17, 15) is 12.3 Å². The molecule has 1 aliphatic rings. The molecule has 1 saturated heterocycles. The van der Waals surface area contributed by atoms with Gasteiger partial charge in [0.2, 0.25) is 0 Å². The lowest BCUT2D eigenvalue weighted by molar-refractivity contribution is -0.310. The molecule has 0 saturated carbocycles. The van der Waals surface area contributed by atoms with Crippen LogP contribution >= 0.6 is 0 Å². The van der Waals surface area contributed by atoms with Gasteiger partial charge in [0.1, 0.15) is 24.4 Å². The van der Waals surface area contributed by atoms with Crippen molar-refractivity contribution in [3.8, 4) is 0 Å². The van der Waals surface area contributed by atoms with E-state index in [1.165, 1.54) is 21.3 Å². The van der Waals surface area contributed by atoms with E-state index in [1.54, 1.807) is 7.11 Å². The van der Waals surface area contributed by atoms with Gasteiger partial charge in [-0.3, -0.25) is 0 Å². The lowest BCUT2D eigenvalue weighted by atomic mass is 9.98. The van der Waals surface area contributed by atoms with Crippen LogP contribution in [0.1, 0.15) is 12.8 Å². The first-order valence-electron chi connectivity index (χ1n) is 7.64. The Kier molecular flexibility index (Phi) is 9.57. The third kappa shape index (κ3) is 6.51. The highest BCUT2D eigenvalue weighted by molar-refractivity contribution is 7.86. The molecule has 10 heteroatoms. The second-order valence-electron chi connectivity index (χ2n) is 5.42. The van der Waals surface area contributed by atoms with Crippen molar-refractivity contribution < 1.29 is 40.7 Å². The van der Waals surface area contributed by atoms with E-state index in [2.05, 4.69) is 0 Å². The van der Waals surface area contributed by atoms with Gasteiger partial charge in [-0.25, -0.2) is 0 Å². The summed E-state index contributed by atoms with van der Waals surface area (Å²) in [4.78, 5) is 0. The molecule has 8 nitrogen and oxygen atoms in total. The molecular weight excluding hydrogens is 347 g/mol. The smallest absolute Gasteiger partial charge is 0.302 e. The molecule has 0 aromatic rings. The maximum atomic E-state index is 12.5. The van der Waals surface area contributed by atoms with Crippen LogP contribution in [0.2, 0.25) is 0 Å². The number of ether oxygens (including phenoxy) is 6. The fourth-order valence-corrected chi connectivity index (χ4v) is 3.23. The summed E-state index contributed by atoms with van der Waals surface area (Å²) in [6.45, 7) is 0.519. The monoisotopic (exact) mass is 374 g/mol. The highest BCUT2D eigenvalue weighted by Crippen LogP contribution is 2.28. The zero-order valence-electron chi connectivity index (χ0n) is 14.5. The Balaban J connectivity index is 2.68. The van der Waals surface area contributed by atoms with Crippen LogP contribution in [-0.2, 0) is 38.6 Å². The van der Waals surface area contributed by atoms with E-state index >= 15 is 0 Å². The molecule has 0 aliphatic carbocycles. The second-order valence-corrected chi connectivity index (χ2v) is 6.91. The van der Waals surface area contributed by atoms with Gasteiger partial charge >= 0.3 is 10.2 Å². The Labute approximate surface area is 142 Å². The average Bonchev–Trinajstić information content (AvgIpc) is 2.53.